The third-order valence-electron chi connectivity index (χ3n) is 3.42. The predicted octanol–water partition coefficient (Wildman–Crippen LogP) is 0.931. The van der Waals surface area contributed by atoms with Crippen molar-refractivity contribution in [1.82, 2.24) is 9.38 Å². The number of halogens is 1. The maximum atomic E-state index is 4.68. The topological polar surface area (TPSA) is 17.3 Å². The summed E-state index contributed by atoms with van der Waals surface area (Å²) in [5.74, 6) is 0. The van der Waals surface area contributed by atoms with Gasteiger partial charge in [0.25, 0.3) is 0 Å². The van der Waals surface area contributed by atoms with Gasteiger partial charge in [0.1, 0.15) is 5.65 Å². The fourth-order valence-corrected chi connectivity index (χ4v) is 2.12. The lowest BCUT2D eigenvalue weighted by Crippen LogP contribution is -3.00. The highest BCUT2D eigenvalue weighted by Gasteiger charge is 2.05. The van der Waals surface area contributed by atoms with Crippen LogP contribution in [0.4, 0.5) is 0 Å². The smallest absolute Gasteiger partial charge is 0.137 e. The Morgan fingerprint density at radius 2 is 1.74 bits per heavy atom. The molecule has 1 aromatic carbocycles. The Balaban J connectivity index is 0.00000133. The van der Waals surface area contributed by atoms with Crippen LogP contribution >= 0.6 is 0 Å². The largest absolute Gasteiger partial charge is 1.00 e. The van der Waals surface area contributed by atoms with E-state index in [0.717, 1.165) is 11.3 Å². The summed E-state index contributed by atoms with van der Waals surface area (Å²) >= 11 is 0. The first-order valence-electron chi connectivity index (χ1n) is 6.16. The van der Waals surface area contributed by atoms with Crippen molar-refractivity contribution in [2.24, 2.45) is 0 Å². The number of nitrogens with zero attached hydrogens (tertiary/aromatic N) is 2. The van der Waals surface area contributed by atoms with Gasteiger partial charge in [0.05, 0.1) is 5.69 Å². The van der Waals surface area contributed by atoms with Gasteiger partial charge in [-0.25, -0.2) is 4.98 Å². The molecule has 0 radical (unpaired) electrons. The van der Waals surface area contributed by atoms with E-state index in [0.29, 0.717) is 0 Å². The summed E-state index contributed by atoms with van der Waals surface area (Å²) in [6, 6.07) is 10.7. The molecule has 0 spiro atoms. The number of hydrogen-bond donors (Lipinski definition) is 0. The monoisotopic (exact) mass is 315 g/mol. The molecule has 0 bridgehead atoms. The normalized spacial score (nSPS) is 10.5. The van der Waals surface area contributed by atoms with Gasteiger partial charge in [-0.1, -0.05) is 12.1 Å². The van der Waals surface area contributed by atoms with Crippen LogP contribution in [-0.4, -0.2) is 9.38 Å². The van der Waals surface area contributed by atoms with Gasteiger partial charge in [-0.15, -0.1) is 0 Å². The third kappa shape index (κ3) is 2.56. The van der Waals surface area contributed by atoms with E-state index in [1.54, 1.807) is 0 Å². The second-order valence-electron chi connectivity index (χ2n) is 4.89. The number of pyridine rings is 1. The van der Waals surface area contributed by atoms with Crippen LogP contribution in [-0.2, 0) is 0 Å². The molecule has 2 heterocycles. The summed E-state index contributed by atoms with van der Waals surface area (Å²) in [5.41, 5.74) is 7.07. The lowest BCUT2D eigenvalue weighted by Gasteiger charge is -2.01. The molecule has 0 atom stereocenters. The summed E-state index contributed by atoms with van der Waals surface area (Å²) < 4.78 is 2.07. The fourth-order valence-electron chi connectivity index (χ4n) is 2.12. The highest BCUT2D eigenvalue weighted by molar-refractivity contribution is 5.64. The number of aryl methyl sites for hydroxylation is 3. The highest BCUT2D eigenvalue weighted by atomic mass is 79.9. The molecular weight excluding hydrogens is 300 g/mol. The van der Waals surface area contributed by atoms with Crippen LogP contribution in [0.3, 0.4) is 0 Å². The van der Waals surface area contributed by atoms with Gasteiger partial charge >= 0.3 is 0 Å². The van der Waals surface area contributed by atoms with Crippen molar-refractivity contribution >= 4 is 5.65 Å². The molecule has 2 nitrogen and oxygen atoms in total. The molecule has 0 aliphatic carbocycles. The van der Waals surface area contributed by atoms with Gasteiger partial charge < -0.3 is 21.4 Å². The summed E-state index contributed by atoms with van der Waals surface area (Å²) in [5, 5.41) is 0. The number of imidazole rings is 1. The maximum absolute atomic E-state index is 4.68. The average Bonchev–Trinajstić information content (AvgIpc) is 2.75. The van der Waals surface area contributed by atoms with Crippen LogP contribution < -0.4 is 17.0 Å². The molecule has 0 aliphatic heterocycles. The molecule has 0 aliphatic rings. The first kappa shape index (κ1) is 13.8. The number of fused-ring (bicyclic) bond motifs is 1. The molecule has 0 unspecified atom stereocenters. The Kier molecular flexibility index (Phi) is 3.76. The predicted molar refractivity (Wildman–Crippen MR) is 74.8 cm³/mol. The standard InChI is InChI=1S/C16H16N2.BrH/c1-11-6-7-18-10-15(17-16(18)8-11)14-5-4-12(2)13(3)9-14;/h4-10H,1-3H3;1H/p-1. The van der Waals surface area contributed by atoms with Crippen molar-refractivity contribution < 1.29 is 17.0 Å². The average molecular weight is 316 g/mol. The van der Waals surface area contributed by atoms with Crippen LogP contribution in [0.15, 0.2) is 42.7 Å². The van der Waals surface area contributed by atoms with Gasteiger partial charge in [-0.3, -0.25) is 0 Å². The summed E-state index contributed by atoms with van der Waals surface area (Å²) in [7, 11) is 0. The number of rotatable bonds is 1. The lowest BCUT2D eigenvalue weighted by molar-refractivity contribution is -0.00000390. The van der Waals surface area contributed by atoms with E-state index in [1.807, 2.05) is 0 Å². The first-order chi connectivity index (χ1) is 8.63. The van der Waals surface area contributed by atoms with Gasteiger partial charge in [0.2, 0.25) is 0 Å². The molecule has 0 saturated carbocycles. The highest BCUT2D eigenvalue weighted by Crippen LogP contribution is 2.22. The molecule has 0 amide bonds. The van der Waals surface area contributed by atoms with Gasteiger partial charge in [0, 0.05) is 18.0 Å². The molecule has 0 N–H and O–H groups in total. The van der Waals surface area contributed by atoms with E-state index >= 15 is 0 Å². The van der Waals surface area contributed by atoms with Crippen molar-refractivity contribution in [1.29, 1.82) is 0 Å². The van der Waals surface area contributed by atoms with E-state index in [2.05, 4.69) is 72.9 Å². The van der Waals surface area contributed by atoms with Crippen molar-refractivity contribution in [2.75, 3.05) is 0 Å². The van der Waals surface area contributed by atoms with Crippen LogP contribution in [0.2, 0.25) is 0 Å². The van der Waals surface area contributed by atoms with Crippen molar-refractivity contribution in [3.8, 4) is 11.3 Å². The molecule has 0 saturated heterocycles. The van der Waals surface area contributed by atoms with E-state index in [9.17, 15) is 0 Å². The Bertz CT molecular complexity index is 729. The molecule has 3 rings (SSSR count). The molecular formula is C16H16BrN2-. The van der Waals surface area contributed by atoms with Crippen LogP contribution in [0, 0.1) is 20.8 Å². The minimum Gasteiger partial charge on any atom is -1.00 e. The number of benzene rings is 1. The lowest BCUT2D eigenvalue weighted by atomic mass is 10.1. The second-order valence-corrected chi connectivity index (χ2v) is 4.89. The first-order valence-corrected chi connectivity index (χ1v) is 6.16. The Labute approximate surface area is 123 Å². The fraction of sp³-hybridized carbons (Fsp3) is 0.188. The van der Waals surface area contributed by atoms with Crippen LogP contribution in [0.5, 0.6) is 0 Å². The zero-order valence-electron chi connectivity index (χ0n) is 11.3. The molecule has 0 fully saturated rings. The van der Waals surface area contributed by atoms with Gasteiger partial charge in [0.15, 0.2) is 0 Å². The van der Waals surface area contributed by atoms with Crippen molar-refractivity contribution in [3.05, 3.63) is 59.4 Å². The summed E-state index contributed by atoms with van der Waals surface area (Å²) in [6.07, 6.45) is 4.14. The zero-order chi connectivity index (χ0) is 12.7. The van der Waals surface area contributed by atoms with Crippen molar-refractivity contribution in [2.45, 2.75) is 20.8 Å². The van der Waals surface area contributed by atoms with E-state index in [4.69, 9.17) is 0 Å². The SMILES string of the molecule is Cc1ccn2cc(-c3ccc(C)c(C)c3)nc2c1.[Br-]. The van der Waals surface area contributed by atoms with Gasteiger partial charge in [-0.05, 0) is 55.7 Å². The van der Waals surface area contributed by atoms with E-state index in [-0.39, 0.29) is 17.0 Å². The molecule has 98 valence electrons. The number of aromatic nitrogens is 2. The Morgan fingerprint density at radius 1 is 0.947 bits per heavy atom. The minimum absolute atomic E-state index is 0. The third-order valence-corrected chi connectivity index (χ3v) is 3.42. The molecule has 3 heteroatoms. The van der Waals surface area contributed by atoms with Gasteiger partial charge in [-0.2, -0.15) is 0 Å². The van der Waals surface area contributed by atoms with E-state index < -0.39 is 0 Å². The van der Waals surface area contributed by atoms with Crippen LogP contribution in [0.25, 0.3) is 16.9 Å². The maximum Gasteiger partial charge on any atom is 0.137 e. The van der Waals surface area contributed by atoms with Crippen molar-refractivity contribution in [3.63, 3.8) is 0 Å². The Hall–Kier alpha value is -1.61. The summed E-state index contributed by atoms with van der Waals surface area (Å²) in [4.78, 5) is 4.68. The Morgan fingerprint density at radius 3 is 2.47 bits per heavy atom. The minimum atomic E-state index is 0. The quantitative estimate of drug-likeness (QED) is 0.653. The molecule has 19 heavy (non-hydrogen) atoms. The molecule has 2 aromatic heterocycles. The second kappa shape index (κ2) is 5.17. The number of hydrogen-bond acceptors (Lipinski definition) is 1. The van der Waals surface area contributed by atoms with Crippen LogP contribution in [0.1, 0.15) is 16.7 Å². The molecule has 3 aromatic rings. The summed E-state index contributed by atoms with van der Waals surface area (Å²) in [6.45, 7) is 6.36. The zero-order valence-corrected chi connectivity index (χ0v) is 12.9. The van der Waals surface area contributed by atoms with E-state index in [1.165, 1.54) is 22.3 Å².